The van der Waals surface area contributed by atoms with Gasteiger partial charge in [0.2, 0.25) is 0 Å². The van der Waals surface area contributed by atoms with Crippen LogP contribution in [0, 0.1) is 0 Å². The van der Waals surface area contributed by atoms with Gasteiger partial charge in [0.25, 0.3) is 0 Å². The molecule has 0 aromatic carbocycles. The van der Waals surface area contributed by atoms with Gasteiger partial charge in [-0.3, -0.25) is 0 Å². The molecule has 40 valence electrons. The third-order valence-electron chi connectivity index (χ3n) is 0. The average Bonchev–Trinajstić information content (AvgIpc) is 1.39. The van der Waals surface area contributed by atoms with E-state index >= 15 is 0 Å². The Balaban J connectivity index is 0. The highest BCUT2D eigenvalue weighted by Gasteiger charge is 1.37. The van der Waals surface area contributed by atoms with Gasteiger partial charge in [0.05, 0.1) is 6.54 Å². The van der Waals surface area contributed by atoms with Crippen LogP contribution >= 0.6 is 0 Å². The molecule has 0 aromatic rings. The summed E-state index contributed by atoms with van der Waals surface area (Å²) in [6.45, 7) is 4.58. The molecule has 0 aliphatic heterocycles. The van der Waals surface area contributed by atoms with Crippen LogP contribution in [-0.4, -0.2) is 13.2 Å². The van der Waals surface area contributed by atoms with Crippen LogP contribution in [-0.2, 0) is 0 Å². The maximum absolute atomic E-state index is 8.93. The van der Waals surface area contributed by atoms with Crippen molar-refractivity contribution in [3.05, 3.63) is 0 Å². The minimum absolute atomic E-state index is 0. The van der Waals surface area contributed by atoms with Gasteiger partial charge in [-0.05, 0) is 6.92 Å². The van der Waals surface area contributed by atoms with E-state index in [4.69, 9.17) is 5.11 Å². The maximum Gasteiger partial charge on any atom is 0.0711 e. The lowest BCUT2D eigenvalue weighted by Gasteiger charge is -1.79. The van der Waals surface area contributed by atoms with Gasteiger partial charge in [0.1, 0.15) is 0 Å². The number of hydrogen-bond acceptors (Lipinski definition) is 1. The Morgan fingerprint density at radius 2 is 1.50 bits per heavy atom. The summed E-state index contributed by atoms with van der Waals surface area (Å²) < 4.78 is 0. The van der Waals surface area contributed by atoms with Gasteiger partial charge in [-0.15, -0.1) is 6.61 Å². The molecule has 0 unspecified atom stereocenters. The van der Waals surface area contributed by atoms with Crippen LogP contribution in [0.5, 0.6) is 0 Å². The first-order chi connectivity index (χ1) is 2.83. The summed E-state index contributed by atoms with van der Waals surface area (Å²) >= 11 is 0. The van der Waals surface area contributed by atoms with Gasteiger partial charge in [0.15, 0.2) is 0 Å². The zero-order chi connectivity index (χ0) is 5.41. The second-order valence-corrected chi connectivity index (χ2v) is 0.789. The van der Waals surface area contributed by atoms with E-state index in [0.717, 1.165) is 6.54 Å². The summed E-state index contributed by atoms with van der Waals surface area (Å²) in [4.78, 5) is 0. The fourth-order valence-electron chi connectivity index (χ4n) is 0. The van der Waals surface area contributed by atoms with Gasteiger partial charge in [0, 0.05) is 0 Å². The highest BCUT2D eigenvalue weighted by molar-refractivity contribution is 3.80. The molecule has 0 aliphatic carbocycles. The minimum Gasteiger partial charge on any atom is -0.855 e. The van der Waals surface area contributed by atoms with Gasteiger partial charge in [-0.1, -0.05) is 6.92 Å². The molecule has 3 N–H and O–H groups in total. The molecule has 0 rings (SSSR count). The third-order valence-corrected chi connectivity index (χ3v) is 0. The standard InChI is InChI=1S/C2H7N.C2H5O/c2*1-2-3/h2-3H2,1H3;2H2,1H3/q;-1/p+1. The second kappa shape index (κ2) is 20.5. The maximum atomic E-state index is 8.93. The van der Waals surface area contributed by atoms with Crippen LogP contribution in [0.25, 0.3) is 0 Å². The zero-order valence-electron chi connectivity index (χ0n) is 4.53. The predicted molar refractivity (Wildman–Crippen MR) is 24.0 cm³/mol. The van der Waals surface area contributed by atoms with Crippen molar-refractivity contribution in [2.45, 2.75) is 13.8 Å². The van der Waals surface area contributed by atoms with Gasteiger partial charge >= 0.3 is 0 Å². The van der Waals surface area contributed by atoms with Crippen molar-refractivity contribution in [2.75, 3.05) is 13.2 Å². The summed E-state index contributed by atoms with van der Waals surface area (Å²) in [7, 11) is 0. The molecule has 0 fully saturated rings. The topological polar surface area (TPSA) is 50.7 Å². The highest BCUT2D eigenvalue weighted by atomic mass is 16.2. The monoisotopic (exact) mass is 91.1 g/mol. The molecule has 6 heavy (non-hydrogen) atoms. The van der Waals surface area contributed by atoms with E-state index in [9.17, 15) is 0 Å². The molecule has 2 heteroatoms. The first kappa shape index (κ1) is 9.33. The van der Waals surface area contributed by atoms with Crippen LogP contribution in [0.15, 0.2) is 0 Å². The number of rotatable bonds is 0. The Labute approximate surface area is 39.0 Å². The smallest absolute Gasteiger partial charge is 0.0711 e. The second-order valence-electron chi connectivity index (χ2n) is 0.789. The van der Waals surface area contributed by atoms with Crippen LogP contribution in [0.4, 0.5) is 0 Å². The summed E-state index contributed by atoms with van der Waals surface area (Å²) in [6, 6.07) is 0. The van der Waals surface area contributed by atoms with Gasteiger partial charge in [-0.2, -0.15) is 0 Å². The molecule has 0 aliphatic rings. The van der Waals surface area contributed by atoms with Crippen LogP contribution < -0.4 is 10.8 Å². The number of hydrogen-bond donors (Lipinski definition) is 1. The molecule has 0 saturated carbocycles. The zero-order valence-corrected chi connectivity index (χ0v) is 4.53. The molecule has 0 heterocycles. The Bertz CT molecular complexity index is 9.51. The van der Waals surface area contributed by atoms with E-state index in [1.54, 1.807) is 6.92 Å². The predicted octanol–water partition coefficient (Wildman–Crippen LogP) is -1.39. The summed E-state index contributed by atoms with van der Waals surface area (Å²) in [5.74, 6) is 0. The van der Waals surface area contributed by atoms with Crippen molar-refractivity contribution < 1.29 is 10.8 Å². The molecule has 0 amide bonds. The minimum atomic E-state index is 0. The summed E-state index contributed by atoms with van der Waals surface area (Å²) in [5, 5.41) is 8.93. The molecular weight excluding hydrogens is 78.0 g/mol. The first-order valence-electron chi connectivity index (χ1n) is 2.20. The Hall–Kier alpha value is -0.0800. The van der Waals surface area contributed by atoms with Crippen molar-refractivity contribution in [1.82, 2.24) is 0 Å². The van der Waals surface area contributed by atoms with E-state index in [0.29, 0.717) is 0 Å². The van der Waals surface area contributed by atoms with Crippen molar-refractivity contribution in [3.8, 4) is 0 Å². The third kappa shape index (κ3) is 5220. The van der Waals surface area contributed by atoms with Gasteiger partial charge in [-0.25, -0.2) is 0 Å². The van der Waals surface area contributed by atoms with Crippen LogP contribution in [0.2, 0.25) is 0 Å². The largest absolute Gasteiger partial charge is 0.855 e. The SMILES string of the molecule is CC[NH3+].CC[O-]. The molecule has 0 aromatic heterocycles. The van der Waals surface area contributed by atoms with Crippen molar-refractivity contribution in [1.29, 1.82) is 0 Å². The first-order valence-corrected chi connectivity index (χ1v) is 2.20. The number of quaternary nitrogens is 1. The lowest BCUT2D eigenvalue weighted by atomic mass is 10.8. The molecule has 0 atom stereocenters. The van der Waals surface area contributed by atoms with E-state index < -0.39 is 0 Å². The molecule has 0 bridgehead atoms. The van der Waals surface area contributed by atoms with E-state index in [1.807, 2.05) is 6.92 Å². The van der Waals surface area contributed by atoms with E-state index in [1.165, 1.54) is 0 Å². The average molecular weight is 91.2 g/mol. The van der Waals surface area contributed by atoms with Crippen molar-refractivity contribution in [2.24, 2.45) is 0 Å². The van der Waals surface area contributed by atoms with Crippen molar-refractivity contribution >= 4 is 0 Å². The quantitative estimate of drug-likeness (QED) is 0.392. The lowest BCUT2D eigenvalue weighted by molar-refractivity contribution is -0.362. The fraction of sp³-hybridized carbons (Fsp3) is 1.00. The molecule has 0 saturated heterocycles. The van der Waals surface area contributed by atoms with E-state index in [2.05, 4.69) is 5.73 Å². The summed E-state index contributed by atoms with van der Waals surface area (Å²) in [5.41, 5.74) is 3.49. The van der Waals surface area contributed by atoms with Crippen molar-refractivity contribution in [3.63, 3.8) is 0 Å². The Kier molecular flexibility index (Phi) is 31.9. The molecule has 2 nitrogen and oxygen atoms in total. The molecule has 0 radical (unpaired) electrons. The summed E-state index contributed by atoms with van der Waals surface area (Å²) in [6.07, 6.45) is 0. The molecule has 0 spiro atoms. The fourth-order valence-corrected chi connectivity index (χ4v) is 0. The Morgan fingerprint density at radius 3 is 1.50 bits per heavy atom. The van der Waals surface area contributed by atoms with Crippen LogP contribution in [0.1, 0.15) is 13.8 Å². The van der Waals surface area contributed by atoms with Crippen LogP contribution in [0.3, 0.4) is 0 Å². The Morgan fingerprint density at radius 1 is 1.50 bits per heavy atom. The highest BCUT2D eigenvalue weighted by Crippen LogP contribution is 1.18. The van der Waals surface area contributed by atoms with E-state index in [-0.39, 0.29) is 6.61 Å². The molecular formula is C4H13NO. The lowest BCUT2D eigenvalue weighted by Crippen LogP contribution is -2.48. The normalized spacial score (nSPS) is 6.00. The van der Waals surface area contributed by atoms with Gasteiger partial charge < -0.3 is 10.8 Å².